The Morgan fingerprint density at radius 2 is 2.38 bits per heavy atom. The molecule has 1 heterocycles. The summed E-state index contributed by atoms with van der Waals surface area (Å²) in [6.45, 7) is 0.567. The minimum absolute atomic E-state index is 0.178. The van der Waals surface area contributed by atoms with Crippen LogP contribution in [0.4, 0.5) is 0 Å². The summed E-state index contributed by atoms with van der Waals surface area (Å²) in [5, 5.41) is 8.58. The van der Waals surface area contributed by atoms with Crippen molar-refractivity contribution in [1.29, 1.82) is 5.26 Å². The lowest BCUT2D eigenvalue weighted by molar-refractivity contribution is 0.655. The average Bonchev–Trinajstić information content (AvgIpc) is 2.16. The fourth-order valence-electron chi connectivity index (χ4n) is 1.03. The molecule has 0 aromatic carbocycles. The molecule has 1 aromatic heterocycles. The summed E-state index contributed by atoms with van der Waals surface area (Å²) in [5.74, 6) is 0.517. The van der Waals surface area contributed by atoms with Gasteiger partial charge in [-0.2, -0.15) is 5.26 Å². The number of hydrogen-bond donors (Lipinski definition) is 0. The van der Waals surface area contributed by atoms with E-state index in [1.54, 1.807) is 12.3 Å². The van der Waals surface area contributed by atoms with Gasteiger partial charge in [-0.3, -0.25) is 4.79 Å². The molecule has 0 N–H and O–H groups in total. The number of hydrogen-bond acceptors (Lipinski definition) is 2. The zero-order valence-electron chi connectivity index (χ0n) is 7.03. The van der Waals surface area contributed by atoms with Crippen molar-refractivity contribution in [2.45, 2.75) is 13.0 Å². The van der Waals surface area contributed by atoms with Gasteiger partial charge in [0, 0.05) is 18.6 Å². The molecule has 0 spiro atoms. The van der Waals surface area contributed by atoms with Crippen LogP contribution >= 0.6 is 11.6 Å². The second kappa shape index (κ2) is 4.68. The van der Waals surface area contributed by atoms with Crippen LogP contribution in [-0.4, -0.2) is 10.4 Å². The molecule has 0 amide bonds. The van der Waals surface area contributed by atoms with Crippen molar-refractivity contribution < 1.29 is 0 Å². The van der Waals surface area contributed by atoms with E-state index >= 15 is 0 Å². The first-order valence-electron chi connectivity index (χ1n) is 3.95. The Labute approximate surface area is 81.2 Å². The molecular formula is C9H9ClN2O. The van der Waals surface area contributed by atoms with Gasteiger partial charge in [-0.1, -0.05) is 0 Å². The quantitative estimate of drug-likeness (QED) is 0.685. The largest absolute Gasteiger partial charge is 0.314 e. The molecule has 0 aliphatic rings. The number of aryl methyl sites for hydroxylation is 1. The molecule has 1 aromatic rings. The highest BCUT2D eigenvalue weighted by Crippen LogP contribution is 1.93. The van der Waals surface area contributed by atoms with Crippen molar-refractivity contribution in [1.82, 2.24) is 4.57 Å². The summed E-state index contributed by atoms with van der Waals surface area (Å²) in [6, 6.07) is 5.05. The molecule has 0 atom stereocenters. The van der Waals surface area contributed by atoms with Gasteiger partial charge in [0.05, 0.1) is 0 Å². The van der Waals surface area contributed by atoms with E-state index < -0.39 is 0 Å². The first kappa shape index (κ1) is 9.82. The first-order chi connectivity index (χ1) is 6.29. The highest BCUT2D eigenvalue weighted by Gasteiger charge is 2.00. The Hall–Kier alpha value is -1.27. The van der Waals surface area contributed by atoms with Crippen LogP contribution in [0, 0.1) is 11.3 Å². The third kappa shape index (κ3) is 2.33. The van der Waals surface area contributed by atoms with E-state index in [1.165, 1.54) is 10.6 Å². The molecule has 0 aliphatic heterocycles. The van der Waals surface area contributed by atoms with Crippen molar-refractivity contribution >= 4 is 11.6 Å². The summed E-state index contributed by atoms with van der Waals surface area (Å²) in [7, 11) is 0. The number of halogens is 1. The summed E-state index contributed by atoms with van der Waals surface area (Å²) in [6.07, 6.45) is 2.39. The van der Waals surface area contributed by atoms with E-state index in [0.29, 0.717) is 12.4 Å². The maximum absolute atomic E-state index is 11.4. The standard InChI is InChI=1S/C9H9ClN2O/c10-4-2-6-12-5-1-3-8(7-11)9(12)13/h1,3,5H,2,4,6H2. The molecule has 0 aliphatic carbocycles. The lowest BCUT2D eigenvalue weighted by atomic mass is 10.3. The highest BCUT2D eigenvalue weighted by atomic mass is 35.5. The predicted molar refractivity (Wildman–Crippen MR) is 50.8 cm³/mol. The van der Waals surface area contributed by atoms with Crippen molar-refractivity contribution in [3.63, 3.8) is 0 Å². The smallest absolute Gasteiger partial charge is 0.268 e. The second-order valence-corrected chi connectivity index (χ2v) is 2.95. The van der Waals surface area contributed by atoms with Crippen molar-refractivity contribution in [3.8, 4) is 6.07 Å². The third-order valence-corrected chi connectivity index (χ3v) is 1.94. The van der Waals surface area contributed by atoms with Crippen LogP contribution in [0.15, 0.2) is 23.1 Å². The molecule has 0 fully saturated rings. The number of rotatable bonds is 3. The van der Waals surface area contributed by atoms with Crippen molar-refractivity contribution in [2.24, 2.45) is 0 Å². The Morgan fingerprint density at radius 1 is 1.62 bits per heavy atom. The van der Waals surface area contributed by atoms with Crippen LogP contribution in [-0.2, 0) is 6.54 Å². The van der Waals surface area contributed by atoms with E-state index in [1.807, 2.05) is 6.07 Å². The molecule has 4 heteroatoms. The lowest BCUT2D eigenvalue weighted by Gasteiger charge is -2.02. The van der Waals surface area contributed by atoms with Gasteiger partial charge in [-0.05, 0) is 18.6 Å². The zero-order valence-corrected chi connectivity index (χ0v) is 7.79. The van der Waals surface area contributed by atoms with Gasteiger partial charge in [0.25, 0.3) is 5.56 Å². The predicted octanol–water partition coefficient (Wildman–Crippen LogP) is 1.35. The Balaban J connectivity index is 2.97. The number of nitrogens with zero attached hydrogens (tertiary/aromatic N) is 2. The fraction of sp³-hybridized carbons (Fsp3) is 0.333. The Kier molecular flexibility index (Phi) is 3.53. The first-order valence-corrected chi connectivity index (χ1v) is 4.48. The maximum atomic E-state index is 11.4. The second-order valence-electron chi connectivity index (χ2n) is 2.57. The topological polar surface area (TPSA) is 45.8 Å². The number of alkyl halides is 1. The van der Waals surface area contributed by atoms with E-state index in [-0.39, 0.29) is 11.1 Å². The molecule has 1 rings (SSSR count). The maximum Gasteiger partial charge on any atom is 0.268 e. The molecule has 3 nitrogen and oxygen atoms in total. The van der Waals surface area contributed by atoms with Crippen LogP contribution in [0.2, 0.25) is 0 Å². The van der Waals surface area contributed by atoms with Crippen LogP contribution in [0.3, 0.4) is 0 Å². The Bertz CT molecular complexity index is 378. The van der Waals surface area contributed by atoms with Gasteiger partial charge < -0.3 is 4.57 Å². The van der Waals surface area contributed by atoms with Crippen molar-refractivity contribution in [2.75, 3.05) is 5.88 Å². The molecule has 0 saturated heterocycles. The fourth-order valence-corrected chi connectivity index (χ4v) is 1.15. The monoisotopic (exact) mass is 196 g/mol. The average molecular weight is 197 g/mol. The van der Waals surface area contributed by atoms with E-state index in [2.05, 4.69) is 0 Å². The molecule has 0 unspecified atom stereocenters. The summed E-state index contributed by atoms with van der Waals surface area (Å²) in [4.78, 5) is 11.4. The van der Waals surface area contributed by atoms with Gasteiger partial charge in [-0.15, -0.1) is 11.6 Å². The van der Waals surface area contributed by atoms with Gasteiger partial charge in [0.1, 0.15) is 11.6 Å². The number of aromatic nitrogens is 1. The third-order valence-electron chi connectivity index (χ3n) is 1.67. The molecule has 0 bridgehead atoms. The summed E-state index contributed by atoms with van der Waals surface area (Å²) in [5.41, 5.74) is -0.0628. The van der Waals surface area contributed by atoms with Gasteiger partial charge in [0.2, 0.25) is 0 Å². The molecule has 13 heavy (non-hydrogen) atoms. The summed E-state index contributed by atoms with van der Waals surface area (Å²) < 4.78 is 1.50. The zero-order chi connectivity index (χ0) is 9.68. The van der Waals surface area contributed by atoms with Gasteiger partial charge in [0.15, 0.2) is 0 Å². The highest BCUT2D eigenvalue weighted by molar-refractivity contribution is 6.17. The van der Waals surface area contributed by atoms with Crippen LogP contribution < -0.4 is 5.56 Å². The number of nitriles is 1. The molecule has 68 valence electrons. The molecular weight excluding hydrogens is 188 g/mol. The van der Waals surface area contributed by atoms with E-state index in [0.717, 1.165) is 6.42 Å². The SMILES string of the molecule is N#Cc1cccn(CCCCl)c1=O. The van der Waals surface area contributed by atoms with Crippen molar-refractivity contribution in [3.05, 3.63) is 34.2 Å². The van der Waals surface area contributed by atoms with E-state index in [9.17, 15) is 4.79 Å². The van der Waals surface area contributed by atoms with Crippen LogP contribution in [0.1, 0.15) is 12.0 Å². The normalized spacial score (nSPS) is 9.54. The minimum atomic E-state index is -0.241. The molecule has 0 saturated carbocycles. The van der Waals surface area contributed by atoms with Crippen LogP contribution in [0.25, 0.3) is 0 Å². The Morgan fingerprint density at radius 3 is 3.00 bits per heavy atom. The van der Waals surface area contributed by atoms with Gasteiger partial charge >= 0.3 is 0 Å². The lowest BCUT2D eigenvalue weighted by Crippen LogP contribution is -2.21. The van der Waals surface area contributed by atoms with Crippen LogP contribution in [0.5, 0.6) is 0 Å². The number of pyridine rings is 1. The summed E-state index contributed by atoms with van der Waals surface area (Å²) >= 11 is 5.50. The van der Waals surface area contributed by atoms with E-state index in [4.69, 9.17) is 16.9 Å². The minimum Gasteiger partial charge on any atom is -0.314 e. The molecule has 0 radical (unpaired) electrons. The van der Waals surface area contributed by atoms with Gasteiger partial charge in [-0.25, -0.2) is 0 Å².